The molecule has 0 radical (unpaired) electrons. The Morgan fingerprint density at radius 2 is 1.79 bits per heavy atom. The van der Waals surface area contributed by atoms with Crippen molar-refractivity contribution in [2.24, 2.45) is 0 Å². The van der Waals surface area contributed by atoms with Crippen molar-refractivity contribution in [2.45, 2.75) is 17.7 Å². The molecule has 0 amide bonds. The SMILES string of the molecule is CCOC(=O)/C(=C/[C@@H](C[N+](=O)[O-])c1ccc(SC)cc1)OC(=O)c1ccccc1. The van der Waals surface area contributed by atoms with E-state index < -0.39 is 29.3 Å². The van der Waals surface area contributed by atoms with Crippen molar-refractivity contribution >= 4 is 23.7 Å². The number of ether oxygens (including phenoxy) is 2. The molecule has 0 spiro atoms. The highest BCUT2D eigenvalue weighted by atomic mass is 32.2. The van der Waals surface area contributed by atoms with Gasteiger partial charge in [-0.3, -0.25) is 10.1 Å². The molecular formula is C21H21NO6S. The van der Waals surface area contributed by atoms with Crippen molar-refractivity contribution in [3.8, 4) is 0 Å². The van der Waals surface area contributed by atoms with Gasteiger partial charge in [0.1, 0.15) is 0 Å². The van der Waals surface area contributed by atoms with E-state index in [4.69, 9.17) is 9.47 Å². The lowest BCUT2D eigenvalue weighted by Gasteiger charge is -2.13. The third-order valence-electron chi connectivity index (χ3n) is 3.93. The van der Waals surface area contributed by atoms with Crippen LogP contribution in [0.4, 0.5) is 0 Å². The number of thioether (sulfide) groups is 1. The number of hydrogen-bond acceptors (Lipinski definition) is 7. The molecule has 0 aromatic heterocycles. The molecule has 0 N–H and O–H groups in total. The molecule has 2 rings (SSSR count). The second-order valence-electron chi connectivity index (χ2n) is 5.90. The molecule has 0 aliphatic rings. The van der Waals surface area contributed by atoms with Crippen molar-refractivity contribution in [3.63, 3.8) is 0 Å². The molecule has 0 aliphatic carbocycles. The first-order chi connectivity index (χ1) is 13.9. The summed E-state index contributed by atoms with van der Waals surface area (Å²) in [4.78, 5) is 36.4. The summed E-state index contributed by atoms with van der Waals surface area (Å²) in [6.07, 6.45) is 3.20. The summed E-state index contributed by atoms with van der Waals surface area (Å²) < 4.78 is 10.2. The number of esters is 2. The van der Waals surface area contributed by atoms with Crippen LogP contribution in [0.3, 0.4) is 0 Å². The highest BCUT2D eigenvalue weighted by Crippen LogP contribution is 2.24. The van der Waals surface area contributed by atoms with Gasteiger partial charge in [-0.2, -0.15) is 0 Å². The van der Waals surface area contributed by atoms with Gasteiger partial charge in [-0.25, -0.2) is 9.59 Å². The third-order valence-corrected chi connectivity index (χ3v) is 4.67. The molecular weight excluding hydrogens is 394 g/mol. The number of nitro groups is 1. The topological polar surface area (TPSA) is 95.7 Å². The Morgan fingerprint density at radius 1 is 1.14 bits per heavy atom. The average Bonchev–Trinajstić information content (AvgIpc) is 2.73. The zero-order chi connectivity index (χ0) is 21.2. The molecule has 0 fully saturated rings. The minimum atomic E-state index is -0.856. The summed E-state index contributed by atoms with van der Waals surface area (Å²) in [6.45, 7) is 1.22. The molecule has 8 heteroatoms. The maximum atomic E-state index is 12.4. The Hall–Kier alpha value is -3.13. The molecule has 29 heavy (non-hydrogen) atoms. The lowest BCUT2D eigenvalue weighted by Crippen LogP contribution is -2.18. The zero-order valence-electron chi connectivity index (χ0n) is 16.1. The van der Waals surface area contributed by atoms with E-state index in [1.165, 1.54) is 6.08 Å². The van der Waals surface area contributed by atoms with Gasteiger partial charge in [0.05, 0.1) is 18.1 Å². The molecule has 0 bridgehead atoms. The van der Waals surface area contributed by atoms with Gasteiger partial charge in [-0.1, -0.05) is 30.3 Å². The van der Waals surface area contributed by atoms with E-state index in [2.05, 4.69) is 0 Å². The average molecular weight is 415 g/mol. The van der Waals surface area contributed by atoms with Gasteiger partial charge in [-0.05, 0) is 49.1 Å². The van der Waals surface area contributed by atoms with Crippen molar-refractivity contribution in [1.82, 2.24) is 0 Å². The number of nitrogens with zero attached hydrogens (tertiary/aromatic N) is 1. The van der Waals surface area contributed by atoms with Crippen molar-refractivity contribution < 1.29 is 24.0 Å². The Morgan fingerprint density at radius 3 is 2.34 bits per heavy atom. The van der Waals surface area contributed by atoms with E-state index in [1.54, 1.807) is 61.2 Å². The van der Waals surface area contributed by atoms with Crippen LogP contribution in [-0.2, 0) is 14.3 Å². The summed E-state index contributed by atoms with van der Waals surface area (Å²) in [5.74, 6) is -2.75. The van der Waals surface area contributed by atoms with Crippen LogP contribution in [-0.4, -0.2) is 36.3 Å². The quantitative estimate of drug-likeness (QED) is 0.152. The summed E-state index contributed by atoms with van der Waals surface area (Å²) in [5, 5.41) is 11.2. The normalized spacial score (nSPS) is 12.1. The second kappa shape index (κ2) is 11.0. The molecule has 0 unspecified atom stereocenters. The summed E-state index contributed by atoms with van der Waals surface area (Å²) in [5.41, 5.74) is 0.870. The predicted molar refractivity (Wildman–Crippen MR) is 109 cm³/mol. The molecule has 152 valence electrons. The largest absolute Gasteiger partial charge is 0.460 e. The molecule has 0 saturated carbocycles. The van der Waals surface area contributed by atoms with Crippen LogP contribution < -0.4 is 0 Å². The van der Waals surface area contributed by atoms with Gasteiger partial charge in [0.15, 0.2) is 0 Å². The van der Waals surface area contributed by atoms with Crippen LogP contribution in [0.25, 0.3) is 0 Å². The molecule has 0 saturated heterocycles. The fourth-order valence-corrected chi connectivity index (χ4v) is 2.94. The van der Waals surface area contributed by atoms with Crippen LogP contribution in [0.5, 0.6) is 0 Å². The number of carbonyl (C=O) groups excluding carboxylic acids is 2. The monoisotopic (exact) mass is 415 g/mol. The van der Waals surface area contributed by atoms with E-state index in [9.17, 15) is 19.7 Å². The number of carbonyl (C=O) groups is 2. The van der Waals surface area contributed by atoms with Crippen LogP contribution >= 0.6 is 11.8 Å². The van der Waals surface area contributed by atoms with E-state index in [0.29, 0.717) is 5.56 Å². The summed E-state index contributed by atoms with van der Waals surface area (Å²) in [7, 11) is 0. The van der Waals surface area contributed by atoms with Gasteiger partial charge in [-0.15, -0.1) is 11.8 Å². The minimum Gasteiger partial charge on any atom is -0.460 e. The van der Waals surface area contributed by atoms with Crippen molar-refractivity contribution in [1.29, 1.82) is 0 Å². The Kier molecular flexibility index (Phi) is 8.42. The number of rotatable bonds is 9. The van der Waals surface area contributed by atoms with Gasteiger partial charge in [0.25, 0.3) is 0 Å². The number of benzene rings is 2. The molecule has 7 nitrogen and oxygen atoms in total. The van der Waals surface area contributed by atoms with Crippen molar-refractivity contribution in [3.05, 3.63) is 87.7 Å². The Balaban J connectivity index is 2.38. The van der Waals surface area contributed by atoms with Gasteiger partial charge >= 0.3 is 11.9 Å². The summed E-state index contributed by atoms with van der Waals surface area (Å²) >= 11 is 1.54. The predicted octanol–water partition coefficient (Wildman–Crippen LogP) is 4.07. The molecule has 2 aromatic rings. The first-order valence-electron chi connectivity index (χ1n) is 8.86. The molecule has 1 atom stereocenters. The first-order valence-corrected chi connectivity index (χ1v) is 10.1. The minimum absolute atomic E-state index is 0.0708. The van der Waals surface area contributed by atoms with Gasteiger partial charge in [0.2, 0.25) is 12.3 Å². The standard InChI is InChI=1S/C21H21NO6S/c1-3-27-21(24)19(28-20(23)16-7-5-4-6-8-16)13-17(14-22(25)26)15-9-11-18(29-2)12-10-15/h4-13,17H,3,14H2,1-2H3/b19-13-/t17-/m0/s1. The van der Waals surface area contributed by atoms with Crippen LogP contribution in [0.1, 0.15) is 28.8 Å². The van der Waals surface area contributed by atoms with Crippen LogP contribution in [0.2, 0.25) is 0 Å². The first kappa shape index (κ1) is 22.2. The second-order valence-corrected chi connectivity index (χ2v) is 6.78. The maximum absolute atomic E-state index is 12.4. The highest BCUT2D eigenvalue weighted by Gasteiger charge is 2.23. The molecule has 0 aliphatic heterocycles. The fourth-order valence-electron chi connectivity index (χ4n) is 2.53. The van der Waals surface area contributed by atoms with Gasteiger partial charge < -0.3 is 9.47 Å². The molecule has 2 aromatic carbocycles. The lowest BCUT2D eigenvalue weighted by molar-refractivity contribution is -0.481. The number of hydrogen-bond donors (Lipinski definition) is 0. The van der Waals surface area contributed by atoms with E-state index in [-0.39, 0.29) is 17.9 Å². The van der Waals surface area contributed by atoms with Crippen LogP contribution in [0.15, 0.2) is 71.3 Å². The lowest BCUT2D eigenvalue weighted by atomic mass is 9.98. The Labute approximate surface area is 172 Å². The van der Waals surface area contributed by atoms with E-state index >= 15 is 0 Å². The Bertz CT molecular complexity index is 880. The summed E-state index contributed by atoms with van der Waals surface area (Å²) in [6, 6.07) is 15.3. The smallest absolute Gasteiger partial charge is 0.374 e. The molecule has 0 heterocycles. The fraction of sp³-hybridized carbons (Fsp3) is 0.238. The van der Waals surface area contributed by atoms with Gasteiger partial charge in [0, 0.05) is 9.82 Å². The zero-order valence-corrected chi connectivity index (χ0v) is 16.9. The maximum Gasteiger partial charge on any atom is 0.374 e. The highest BCUT2D eigenvalue weighted by molar-refractivity contribution is 7.98. The van der Waals surface area contributed by atoms with E-state index in [0.717, 1.165) is 4.90 Å². The van der Waals surface area contributed by atoms with Crippen LogP contribution in [0, 0.1) is 10.1 Å². The third kappa shape index (κ3) is 6.76. The van der Waals surface area contributed by atoms with E-state index in [1.807, 2.05) is 18.4 Å². The van der Waals surface area contributed by atoms with Crippen molar-refractivity contribution in [2.75, 3.05) is 19.4 Å².